The van der Waals surface area contributed by atoms with E-state index in [0.717, 1.165) is 4.90 Å². The summed E-state index contributed by atoms with van der Waals surface area (Å²) in [7, 11) is 1.49. The van der Waals surface area contributed by atoms with Crippen molar-refractivity contribution in [2.45, 2.75) is 77.7 Å². The fraction of sp³-hybridized carbons (Fsp3) is 0.643. The van der Waals surface area contributed by atoms with Crippen molar-refractivity contribution in [2.75, 3.05) is 33.7 Å². The maximum atomic E-state index is 13.2. The van der Waals surface area contributed by atoms with Crippen molar-refractivity contribution in [2.24, 2.45) is 5.92 Å². The molecule has 0 saturated carbocycles. The Morgan fingerprint density at radius 3 is 2.14 bits per heavy atom. The average molecular weight is 598 g/mol. The van der Waals surface area contributed by atoms with E-state index in [-0.39, 0.29) is 19.8 Å². The van der Waals surface area contributed by atoms with Crippen molar-refractivity contribution < 1.29 is 52.7 Å². The van der Waals surface area contributed by atoms with E-state index < -0.39 is 73.0 Å². The molecule has 1 aliphatic heterocycles. The first-order valence-electron chi connectivity index (χ1n) is 13.5. The Morgan fingerprint density at radius 2 is 1.55 bits per heavy atom. The summed E-state index contributed by atoms with van der Waals surface area (Å²) in [6, 6.07) is 7.52. The van der Waals surface area contributed by atoms with Crippen LogP contribution >= 0.6 is 0 Å². The molecule has 3 N–H and O–H groups in total. The van der Waals surface area contributed by atoms with Crippen LogP contribution in [0.25, 0.3) is 0 Å². The van der Waals surface area contributed by atoms with E-state index in [0.29, 0.717) is 5.56 Å². The van der Waals surface area contributed by atoms with Crippen LogP contribution in [0.3, 0.4) is 0 Å². The zero-order valence-corrected chi connectivity index (χ0v) is 25.2. The molecule has 4 atom stereocenters. The number of hydrogen-bond acceptors (Lipinski definition) is 11. The fourth-order valence-electron chi connectivity index (χ4n) is 3.87. The van der Waals surface area contributed by atoms with E-state index in [1.54, 1.807) is 65.8 Å². The highest BCUT2D eigenvalue weighted by Gasteiger charge is 2.51. The van der Waals surface area contributed by atoms with Crippen molar-refractivity contribution in [3.05, 3.63) is 35.9 Å². The number of carbonyl (C=O) groups is 4. The summed E-state index contributed by atoms with van der Waals surface area (Å²) in [6.45, 7) is 9.33. The number of esters is 1. The molecule has 3 amide bonds. The minimum atomic E-state index is -1.73. The lowest BCUT2D eigenvalue weighted by molar-refractivity contribution is -0.169. The van der Waals surface area contributed by atoms with Gasteiger partial charge >= 0.3 is 24.2 Å². The Hall–Kier alpha value is -3.62. The summed E-state index contributed by atoms with van der Waals surface area (Å²) in [5, 5.41) is 16.4. The van der Waals surface area contributed by atoms with E-state index in [2.05, 4.69) is 10.6 Å². The second-order valence-corrected chi connectivity index (χ2v) is 11.5. The molecule has 1 saturated heterocycles. The Bertz CT molecular complexity index is 1040. The molecule has 1 fully saturated rings. The molecule has 1 aromatic carbocycles. The van der Waals surface area contributed by atoms with Gasteiger partial charge in [0.2, 0.25) is 0 Å². The summed E-state index contributed by atoms with van der Waals surface area (Å²) < 4.78 is 31.4. The highest BCUT2D eigenvalue weighted by Crippen LogP contribution is 2.26. The maximum Gasteiger partial charge on any atom is 0.412 e. The zero-order valence-electron chi connectivity index (χ0n) is 25.2. The molecular weight excluding hydrogens is 554 g/mol. The van der Waals surface area contributed by atoms with E-state index >= 15 is 0 Å². The molecule has 0 radical (unpaired) electrons. The summed E-state index contributed by atoms with van der Waals surface area (Å²) in [5.41, 5.74) is -1.13. The van der Waals surface area contributed by atoms with Crippen LogP contribution in [0.1, 0.15) is 47.1 Å². The van der Waals surface area contributed by atoms with Gasteiger partial charge in [-0.2, -0.15) is 0 Å². The number of nitrogens with one attached hydrogen (secondary N) is 2. The van der Waals surface area contributed by atoms with E-state index in [1.807, 2.05) is 6.07 Å². The molecule has 0 aliphatic carbocycles. The van der Waals surface area contributed by atoms with E-state index in [4.69, 9.17) is 28.4 Å². The van der Waals surface area contributed by atoms with Crippen LogP contribution in [0.4, 0.5) is 14.4 Å². The Balaban J connectivity index is 2.33. The molecule has 236 valence electrons. The highest BCUT2D eigenvalue weighted by molar-refractivity contribution is 5.78. The number of amides is 3. The van der Waals surface area contributed by atoms with Crippen molar-refractivity contribution in [3.8, 4) is 0 Å². The normalized spacial score (nSPS) is 20.7. The van der Waals surface area contributed by atoms with Gasteiger partial charge in [-0.15, -0.1) is 0 Å². The lowest BCUT2D eigenvalue weighted by Gasteiger charge is -2.46. The van der Waals surface area contributed by atoms with Crippen molar-refractivity contribution in [1.82, 2.24) is 15.5 Å². The van der Waals surface area contributed by atoms with Crippen LogP contribution in [0, 0.1) is 5.92 Å². The third-order valence-corrected chi connectivity index (χ3v) is 5.66. The van der Waals surface area contributed by atoms with Gasteiger partial charge in [0.25, 0.3) is 0 Å². The highest BCUT2D eigenvalue weighted by atomic mass is 16.7. The molecule has 1 aliphatic rings. The largest absolute Gasteiger partial charge is 0.445 e. The maximum absolute atomic E-state index is 13.2. The molecule has 14 nitrogen and oxygen atoms in total. The molecule has 1 aromatic rings. The number of piperidine rings is 1. The van der Waals surface area contributed by atoms with Crippen LogP contribution in [-0.2, 0) is 39.8 Å². The van der Waals surface area contributed by atoms with Gasteiger partial charge < -0.3 is 38.8 Å². The SMILES string of the molecule is COCCOCOC(=O)[C@@H]1CN(C(=O)OC(C)(C)C)[C@H](NC(=O)OCc2ccccc2)[C@@H](O)[C@H]1NC(=O)OC(C)(C)C. The first-order valence-corrected chi connectivity index (χ1v) is 13.5. The number of aliphatic hydroxyl groups is 1. The van der Waals surface area contributed by atoms with Gasteiger partial charge in [-0.05, 0) is 47.1 Å². The summed E-state index contributed by atoms with van der Waals surface area (Å²) in [6.07, 6.45) is -6.02. The molecule has 14 heteroatoms. The quantitative estimate of drug-likeness (QED) is 0.157. The first kappa shape index (κ1) is 34.6. The number of methoxy groups -OCH3 is 1. The fourth-order valence-corrected chi connectivity index (χ4v) is 3.87. The molecule has 2 rings (SSSR count). The van der Waals surface area contributed by atoms with Gasteiger partial charge in [0.05, 0.1) is 25.2 Å². The number of carbonyl (C=O) groups excluding carboxylic acids is 4. The van der Waals surface area contributed by atoms with Crippen LogP contribution in [-0.4, -0.2) is 97.4 Å². The third-order valence-electron chi connectivity index (χ3n) is 5.66. The second-order valence-electron chi connectivity index (χ2n) is 11.5. The molecular formula is C28H43N3O11. The molecule has 0 unspecified atom stereocenters. The molecule has 0 spiro atoms. The third kappa shape index (κ3) is 11.7. The van der Waals surface area contributed by atoms with Gasteiger partial charge in [-0.1, -0.05) is 30.3 Å². The van der Waals surface area contributed by atoms with Crippen LogP contribution < -0.4 is 10.6 Å². The van der Waals surface area contributed by atoms with Crippen molar-refractivity contribution >= 4 is 24.2 Å². The number of likely N-dealkylation sites (tertiary alicyclic amines) is 1. The average Bonchev–Trinajstić information content (AvgIpc) is 2.88. The minimum Gasteiger partial charge on any atom is -0.445 e. The lowest BCUT2D eigenvalue weighted by Crippen LogP contribution is -2.71. The van der Waals surface area contributed by atoms with Gasteiger partial charge in [-0.25, -0.2) is 14.4 Å². The molecule has 0 bridgehead atoms. The number of hydrogen-bond donors (Lipinski definition) is 3. The summed E-state index contributed by atoms with van der Waals surface area (Å²) in [5.74, 6) is -2.18. The monoisotopic (exact) mass is 597 g/mol. The van der Waals surface area contributed by atoms with Gasteiger partial charge in [-0.3, -0.25) is 15.0 Å². The second kappa shape index (κ2) is 15.6. The molecule has 1 heterocycles. The molecule has 42 heavy (non-hydrogen) atoms. The Kier molecular flexibility index (Phi) is 12.8. The Labute approximate surface area is 245 Å². The van der Waals surface area contributed by atoms with E-state index in [1.165, 1.54) is 7.11 Å². The number of aliphatic hydroxyl groups excluding tert-OH is 1. The molecule has 0 aromatic heterocycles. The predicted molar refractivity (Wildman–Crippen MR) is 148 cm³/mol. The zero-order chi connectivity index (χ0) is 31.5. The van der Waals surface area contributed by atoms with Crippen molar-refractivity contribution in [3.63, 3.8) is 0 Å². The Morgan fingerprint density at radius 1 is 0.905 bits per heavy atom. The number of ether oxygens (including phenoxy) is 6. The predicted octanol–water partition coefficient (Wildman–Crippen LogP) is 2.52. The van der Waals surface area contributed by atoms with Crippen LogP contribution in [0.2, 0.25) is 0 Å². The van der Waals surface area contributed by atoms with Crippen LogP contribution in [0.5, 0.6) is 0 Å². The number of benzene rings is 1. The standard InChI is InChI=1S/C28H43N3O11/c1-27(2,3)41-25(35)29-20-19(23(33)40-17-38-14-13-37-7)15-31(26(36)42-28(4,5)6)22(21(20)32)30-24(34)39-16-18-11-9-8-10-12-18/h8-12,19-22,32H,13-17H2,1-7H3,(H,29,35)(H,30,34)/t19-,20+,21+,22+/m1/s1. The first-order chi connectivity index (χ1) is 19.6. The lowest BCUT2D eigenvalue weighted by atomic mass is 9.88. The van der Waals surface area contributed by atoms with Gasteiger partial charge in [0.1, 0.15) is 30.1 Å². The number of alkyl carbamates (subject to hydrolysis) is 2. The number of nitrogens with zero attached hydrogens (tertiary/aromatic N) is 1. The summed E-state index contributed by atoms with van der Waals surface area (Å²) >= 11 is 0. The van der Waals surface area contributed by atoms with Crippen LogP contribution in [0.15, 0.2) is 30.3 Å². The smallest absolute Gasteiger partial charge is 0.412 e. The van der Waals surface area contributed by atoms with E-state index in [9.17, 15) is 24.3 Å². The van der Waals surface area contributed by atoms with Crippen molar-refractivity contribution in [1.29, 1.82) is 0 Å². The topological polar surface area (TPSA) is 171 Å². The minimum absolute atomic E-state index is 0.0838. The summed E-state index contributed by atoms with van der Waals surface area (Å²) in [4.78, 5) is 52.9. The van der Waals surface area contributed by atoms with Gasteiger partial charge in [0.15, 0.2) is 6.79 Å². The van der Waals surface area contributed by atoms with Gasteiger partial charge in [0, 0.05) is 13.7 Å². The number of rotatable bonds is 10.